The molecule has 1 aromatic rings. The topological polar surface area (TPSA) is 39.1 Å². The third-order valence-corrected chi connectivity index (χ3v) is 4.60. The van der Waals surface area contributed by atoms with Crippen LogP contribution in [-0.2, 0) is 6.54 Å². The summed E-state index contributed by atoms with van der Waals surface area (Å²) >= 11 is 0. The van der Waals surface area contributed by atoms with Gasteiger partial charge in [0.1, 0.15) is 6.07 Å². The molecule has 0 aromatic heterocycles. The lowest BCUT2D eigenvalue weighted by molar-refractivity contribution is 0.336. The fourth-order valence-electron chi connectivity index (χ4n) is 3.31. The Labute approximate surface area is 129 Å². The number of hydrogen-bond acceptors (Lipinski definition) is 3. The van der Waals surface area contributed by atoms with Crippen LogP contribution in [0.1, 0.15) is 50.7 Å². The minimum Gasteiger partial charge on any atom is -0.371 e. The molecule has 21 heavy (non-hydrogen) atoms. The summed E-state index contributed by atoms with van der Waals surface area (Å²) in [5.74, 6) is 0.796. The lowest BCUT2D eigenvalue weighted by atomic mass is 9.86. The van der Waals surface area contributed by atoms with Gasteiger partial charge in [0.15, 0.2) is 0 Å². The molecule has 1 N–H and O–H groups in total. The molecule has 1 fully saturated rings. The Morgan fingerprint density at radius 1 is 1.38 bits per heavy atom. The van der Waals surface area contributed by atoms with E-state index >= 15 is 0 Å². The van der Waals surface area contributed by atoms with Crippen LogP contribution >= 0.6 is 0 Å². The van der Waals surface area contributed by atoms with Crippen LogP contribution < -0.4 is 10.2 Å². The fourth-order valence-corrected chi connectivity index (χ4v) is 3.31. The van der Waals surface area contributed by atoms with Gasteiger partial charge >= 0.3 is 0 Å². The Kier molecular flexibility index (Phi) is 5.64. The van der Waals surface area contributed by atoms with E-state index in [1.807, 2.05) is 6.07 Å². The van der Waals surface area contributed by atoms with E-state index in [0.717, 1.165) is 30.3 Å². The lowest BCUT2D eigenvalue weighted by Gasteiger charge is -2.36. The molecule has 2 rings (SSSR count). The number of rotatable bonds is 5. The van der Waals surface area contributed by atoms with Crippen molar-refractivity contribution >= 4 is 5.69 Å². The van der Waals surface area contributed by atoms with Crippen molar-refractivity contribution < 1.29 is 0 Å². The molecular formula is C18H27N3. The molecule has 0 amide bonds. The smallest absolute Gasteiger partial charge is 0.101 e. The van der Waals surface area contributed by atoms with E-state index in [4.69, 9.17) is 0 Å². The number of nitrogens with zero attached hydrogens (tertiary/aromatic N) is 2. The van der Waals surface area contributed by atoms with Gasteiger partial charge in [0.05, 0.1) is 11.3 Å². The van der Waals surface area contributed by atoms with Crippen LogP contribution in [0.4, 0.5) is 5.69 Å². The highest BCUT2D eigenvalue weighted by Gasteiger charge is 2.23. The van der Waals surface area contributed by atoms with E-state index < -0.39 is 0 Å². The van der Waals surface area contributed by atoms with Crippen molar-refractivity contribution in [2.75, 3.05) is 18.5 Å². The summed E-state index contributed by atoms with van der Waals surface area (Å²) in [5.41, 5.74) is 3.06. The maximum atomic E-state index is 9.47. The predicted molar refractivity (Wildman–Crippen MR) is 88.4 cm³/mol. The Morgan fingerprint density at radius 3 is 2.86 bits per heavy atom. The standard InChI is InChI=1S/C18H27N3/c1-4-20-13-15-8-9-18(16(11-15)12-19)21(3)17-7-5-6-14(2)10-17/h8-9,11,14,17,20H,4-7,10,13H2,1-3H3. The van der Waals surface area contributed by atoms with Crippen molar-refractivity contribution in [1.29, 1.82) is 5.26 Å². The highest BCUT2D eigenvalue weighted by atomic mass is 15.1. The highest BCUT2D eigenvalue weighted by molar-refractivity contribution is 5.60. The molecule has 0 radical (unpaired) electrons. The number of hydrogen-bond donors (Lipinski definition) is 1. The minimum absolute atomic E-state index is 0.570. The molecule has 3 nitrogen and oxygen atoms in total. The Morgan fingerprint density at radius 2 is 2.19 bits per heavy atom. The lowest BCUT2D eigenvalue weighted by Crippen LogP contribution is -2.36. The second-order valence-corrected chi connectivity index (χ2v) is 6.28. The van der Waals surface area contributed by atoms with Crippen molar-refractivity contribution in [3.63, 3.8) is 0 Å². The molecule has 3 heteroatoms. The van der Waals surface area contributed by atoms with Crippen LogP contribution in [-0.4, -0.2) is 19.6 Å². The molecule has 114 valence electrons. The van der Waals surface area contributed by atoms with Gasteiger partial charge in [-0.15, -0.1) is 0 Å². The summed E-state index contributed by atoms with van der Waals surface area (Å²) < 4.78 is 0. The van der Waals surface area contributed by atoms with Crippen molar-refractivity contribution in [2.24, 2.45) is 5.92 Å². The Hall–Kier alpha value is -1.53. The molecular weight excluding hydrogens is 258 g/mol. The van der Waals surface area contributed by atoms with E-state index in [1.165, 1.54) is 31.2 Å². The summed E-state index contributed by atoms with van der Waals surface area (Å²) in [6, 6.07) is 9.23. The minimum atomic E-state index is 0.570. The second kappa shape index (κ2) is 7.47. The first-order valence-electron chi connectivity index (χ1n) is 8.12. The average molecular weight is 285 g/mol. The summed E-state index contributed by atoms with van der Waals surface area (Å²) in [4.78, 5) is 2.32. The van der Waals surface area contributed by atoms with Gasteiger partial charge in [-0.2, -0.15) is 5.26 Å². The van der Waals surface area contributed by atoms with Crippen molar-refractivity contribution in [3.05, 3.63) is 29.3 Å². The molecule has 2 atom stereocenters. The monoisotopic (exact) mass is 285 g/mol. The highest BCUT2D eigenvalue weighted by Crippen LogP contribution is 2.31. The van der Waals surface area contributed by atoms with Crippen LogP contribution in [0, 0.1) is 17.2 Å². The number of benzene rings is 1. The maximum Gasteiger partial charge on any atom is 0.101 e. The summed E-state index contributed by atoms with van der Waals surface area (Å²) in [7, 11) is 2.14. The zero-order valence-electron chi connectivity index (χ0n) is 13.5. The zero-order valence-corrected chi connectivity index (χ0v) is 13.5. The normalized spacial score (nSPS) is 21.8. The van der Waals surface area contributed by atoms with E-state index in [-0.39, 0.29) is 0 Å². The second-order valence-electron chi connectivity index (χ2n) is 6.28. The predicted octanol–water partition coefficient (Wildman–Crippen LogP) is 3.68. The number of anilines is 1. The van der Waals surface area contributed by atoms with E-state index in [1.54, 1.807) is 0 Å². The van der Waals surface area contributed by atoms with E-state index in [9.17, 15) is 5.26 Å². The van der Waals surface area contributed by atoms with Crippen LogP contribution in [0.25, 0.3) is 0 Å². The third kappa shape index (κ3) is 3.98. The largest absolute Gasteiger partial charge is 0.371 e. The molecule has 0 bridgehead atoms. The van der Waals surface area contributed by atoms with Crippen molar-refractivity contribution in [2.45, 2.75) is 52.1 Å². The van der Waals surface area contributed by atoms with E-state index in [2.05, 4.69) is 49.3 Å². The molecule has 1 aliphatic carbocycles. The molecule has 1 aromatic carbocycles. The van der Waals surface area contributed by atoms with Gasteiger partial charge in [-0.3, -0.25) is 0 Å². The van der Waals surface area contributed by atoms with Gasteiger partial charge in [0, 0.05) is 19.6 Å². The number of nitrogens with one attached hydrogen (secondary N) is 1. The molecule has 0 heterocycles. The van der Waals surface area contributed by atoms with Gasteiger partial charge in [-0.1, -0.05) is 32.8 Å². The molecule has 1 saturated carbocycles. The quantitative estimate of drug-likeness (QED) is 0.897. The van der Waals surface area contributed by atoms with E-state index in [0.29, 0.717) is 6.04 Å². The molecule has 0 saturated heterocycles. The van der Waals surface area contributed by atoms with Crippen LogP contribution in [0.15, 0.2) is 18.2 Å². The van der Waals surface area contributed by atoms with Gasteiger partial charge < -0.3 is 10.2 Å². The zero-order chi connectivity index (χ0) is 15.2. The summed E-state index contributed by atoms with van der Waals surface area (Å²) in [5, 5.41) is 12.8. The Balaban J connectivity index is 2.16. The van der Waals surface area contributed by atoms with Crippen molar-refractivity contribution in [3.8, 4) is 6.07 Å². The first-order valence-corrected chi connectivity index (χ1v) is 8.12. The molecule has 0 spiro atoms. The van der Waals surface area contributed by atoms with Gasteiger partial charge in [0.2, 0.25) is 0 Å². The van der Waals surface area contributed by atoms with Gasteiger partial charge in [-0.25, -0.2) is 0 Å². The van der Waals surface area contributed by atoms with Crippen molar-refractivity contribution in [1.82, 2.24) is 5.32 Å². The number of nitriles is 1. The molecule has 1 aliphatic rings. The first-order chi connectivity index (χ1) is 10.2. The summed E-state index contributed by atoms with van der Waals surface area (Å²) in [6.07, 6.45) is 5.12. The van der Waals surface area contributed by atoms with Gasteiger partial charge in [0.25, 0.3) is 0 Å². The van der Waals surface area contributed by atoms with Crippen LogP contribution in [0.5, 0.6) is 0 Å². The van der Waals surface area contributed by atoms with Gasteiger partial charge in [-0.05, 0) is 43.0 Å². The first kappa shape index (κ1) is 15.9. The fraction of sp³-hybridized carbons (Fsp3) is 0.611. The molecule has 0 aliphatic heterocycles. The average Bonchev–Trinajstić information content (AvgIpc) is 2.52. The third-order valence-electron chi connectivity index (χ3n) is 4.60. The summed E-state index contributed by atoms with van der Waals surface area (Å²) in [6.45, 7) is 6.21. The maximum absolute atomic E-state index is 9.47. The SMILES string of the molecule is CCNCc1ccc(N(C)C2CCCC(C)C2)c(C#N)c1. The molecule has 2 unspecified atom stereocenters. The van der Waals surface area contributed by atoms with Crippen LogP contribution in [0.2, 0.25) is 0 Å². The van der Waals surface area contributed by atoms with Crippen LogP contribution in [0.3, 0.4) is 0 Å². The Bertz CT molecular complexity index is 504.